The van der Waals surface area contributed by atoms with Crippen LogP contribution in [0.15, 0.2) is 0 Å². The first-order chi connectivity index (χ1) is 7.49. The molecule has 0 aliphatic heterocycles. The molecule has 1 fully saturated rings. The van der Waals surface area contributed by atoms with Gasteiger partial charge in [-0.05, 0) is 12.8 Å². The molecule has 2 rings (SSSR count). The molecule has 1 aliphatic rings. The largest absolute Gasteiger partial charge is 0.452 e. The van der Waals surface area contributed by atoms with Crippen LogP contribution >= 0.6 is 11.5 Å². The van der Waals surface area contributed by atoms with Gasteiger partial charge in [0.15, 0.2) is 0 Å². The minimum Gasteiger partial charge on any atom is -0.381 e. The van der Waals surface area contributed by atoms with Gasteiger partial charge in [-0.3, -0.25) is 0 Å². The van der Waals surface area contributed by atoms with E-state index in [0.29, 0.717) is 0 Å². The molecule has 0 atom stereocenters. The standard InChI is InChI=1S/C8H10F3N3OS/c1-15-5-2-4(3-5)12-7-13-6(14-16-7)8(9,10)11/h4-5H,2-3H2,1H3,(H,12,13,14). The minimum absolute atomic E-state index is 0.138. The normalized spacial score (nSPS) is 25.2. The number of ether oxygens (including phenoxy) is 1. The predicted octanol–water partition coefficient (Wildman–Crippen LogP) is 2.15. The number of halogens is 3. The second kappa shape index (κ2) is 4.17. The first kappa shape index (κ1) is 11.6. The van der Waals surface area contributed by atoms with E-state index in [-0.39, 0.29) is 17.3 Å². The zero-order valence-electron chi connectivity index (χ0n) is 8.41. The first-order valence-electron chi connectivity index (χ1n) is 4.69. The van der Waals surface area contributed by atoms with Gasteiger partial charge in [-0.2, -0.15) is 22.5 Å². The van der Waals surface area contributed by atoms with Crippen molar-refractivity contribution in [3.63, 3.8) is 0 Å². The van der Waals surface area contributed by atoms with E-state index in [0.717, 1.165) is 24.4 Å². The molecule has 0 spiro atoms. The Hall–Kier alpha value is -0.890. The van der Waals surface area contributed by atoms with Gasteiger partial charge >= 0.3 is 6.18 Å². The molecule has 0 unspecified atom stereocenters. The van der Waals surface area contributed by atoms with Crippen LogP contribution in [0.1, 0.15) is 18.7 Å². The van der Waals surface area contributed by atoms with E-state index in [9.17, 15) is 13.2 Å². The second-order valence-electron chi connectivity index (χ2n) is 3.59. The van der Waals surface area contributed by atoms with E-state index in [1.54, 1.807) is 7.11 Å². The van der Waals surface area contributed by atoms with Gasteiger partial charge in [0.05, 0.1) is 6.10 Å². The number of alkyl halides is 3. The molecule has 16 heavy (non-hydrogen) atoms. The molecule has 8 heteroatoms. The van der Waals surface area contributed by atoms with Crippen LogP contribution in [0, 0.1) is 0 Å². The fourth-order valence-corrected chi connectivity index (χ4v) is 2.11. The number of hydrogen-bond donors (Lipinski definition) is 1. The van der Waals surface area contributed by atoms with E-state index < -0.39 is 12.0 Å². The molecule has 90 valence electrons. The van der Waals surface area contributed by atoms with Crippen molar-refractivity contribution >= 4 is 16.7 Å². The van der Waals surface area contributed by atoms with Crippen molar-refractivity contribution in [2.45, 2.75) is 31.2 Å². The predicted molar refractivity (Wildman–Crippen MR) is 52.4 cm³/mol. The number of hydrogen-bond acceptors (Lipinski definition) is 5. The Balaban J connectivity index is 1.89. The third-order valence-electron chi connectivity index (χ3n) is 2.44. The number of anilines is 1. The van der Waals surface area contributed by atoms with Crippen LogP contribution in [0.25, 0.3) is 0 Å². The zero-order valence-corrected chi connectivity index (χ0v) is 9.23. The molecule has 1 saturated carbocycles. The Labute approximate surface area is 94.0 Å². The van der Waals surface area contributed by atoms with Crippen molar-refractivity contribution in [3.05, 3.63) is 5.82 Å². The number of methoxy groups -OCH3 is 1. The third kappa shape index (κ3) is 2.43. The molecule has 0 amide bonds. The summed E-state index contributed by atoms with van der Waals surface area (Å²) in [5.74, 6) is -1.08. The topological polar surface area (TPSA) is 47.0 Å². The van der Waals surface area contributed by atoms with Crippen LogP contribution in [0.2, 0.25) is 0 Å². The van der Waals surface area contributed by atoms with Crippen LogP contribution in [-0.4, -0.2) is 28.6 Å². The molecule has 1 N–H and O–H groups in total. The van der Waals surface area contributed by atoms with Gasteiger partial charge < -0.3 is 10.1 Å². The zero-order chi connectivity index (χ0) is 11.8. The van der Waals surface area contributed by atoms with Gasteiger partial charge in [0.25, 0.3) is 0 Å². The number of rotatable bonds is 3. The lowest BCUT2D eigenvalue weighted by Gasteiger charge is -2.34. The molecule has 0 saturated heterocycles. The van der Waals surface area contributed by atoms with E-state index in [2.05, 4.69) is 14.7 Å². The lowest BCUT2D eigenvalue weighted by Crippen LogP contribution is -2.40. The molecule has 1 heterocycles. The fraction of sp³-hybridized carbons (Fsp3) is 0.750. The highest BCUT2D eigenvalue weighted by Crippen LogP contribution is 2.31. The maximum Gasteiger partial charge on any atom is 0.452 e. The Morgan fingerprint density at radius 2 is 2.12 bits per heavy atom. The van der Waals surface area contributed by atoms with Crippen molar-refractivity contribution in [2.24, 2.45) is 0 Å². The lowest BCUT2D eigenvalue weighted by molar-refractivity contribution is -0.144. The molecule has 0 aromatic carbocycles. The van der Waals surface area contributed by atoms with E-state index in [1.807, 2.05) is 0 Å². The van der Waals surface area contributed by atoms with Crippen LogP contribution in [0.3, 0.4) is 0 Å². The van der Waals surface area contributed by atoms with E-state index in [4.69, 9.17) is 4.74 Å². The monoisotopic (exact) mass is 253 g/mol. The highest BCUT2D eigenvalue weighted by Gasteiger charge is 2.37. The SMILES string of the molecule is COC1CC(Nc2nc(C(F)(F)F)ns2)C1. The molecular formula is C8H10F3N3OS. The van der Waals surface area contributed by atoms with Crippen molar-refractivity contribution in [1.82, 2.24) is 9.36 Å². The summed E-state index contributed by atoms with van der Waals surface area (Å²) in [6, 6.07) is 0.138. The maximum atomic E-state index is 12.2. The molecule has 0 radical (unpaired) electrons. The lowest BCUT2D eigenvalue weighted by atomic mass is 9.89. The van der Waals surface area contributed by atoms with Gasteiger partial charge in [-0.15, -0.1) is 0 Å². The van der Waals surface area contributed by atoms with Crippen LogP contribution in [0.4, 0.5) is 18.3 Å². The van der Waals surface area contributed by atoms with E-state index >= 15 is 0 Å². The van der Waals surface area contributed by atoms with Crippen LogP contribution in [0.5, 0.6) is 0 Å². The molecule has 4 nitrogen and oxygen atoms in total. The molecule has 1 aromatic rings. The molecule has 1 aliphatic carbocycles. The quantitative estimate of drug-likeness (QED) is 0.896. The summed E-state index contributed by atoms with van der Waals surface area (Å²) in [6.45, 7) is 0. The van der Waals surface area contributed by atoms with Crippen molar-refractivity contribution in [2.75, 3.05) is 12.4 Å². The Kier molecular flexibility index (Phi) is 3.02. The third-order valence-corrected chi connectivity index (χ3v) is 3.08. The van der Waals surface area contributed by atoms with Gasteiger partial charge in [0.1, 0.15) is 0 Å². The summed E-state index contributed by atoms with van der Waals surface area (Å²) in [5.41, 5.74) is 0. The van der Waals surface area contributed by atoms with Crippen molar-refractivity contribution < 1.29 is 17.9 Å². The van der Waals surface area contributed by atoms with Crippen LogP contribution < -0.4 is 5.32 Å². The fourth-order valence-electron chi connectivity index (χ4n) is 1.45. The van der Waals surface area contributed by atoms with Crippen molar-refractivity contribution in [3.8, 4) is 0 Å². The van der Waals surface area contributed by atoms with Gasteiger partial charge in [-0.1, -0.05) is 0 Å². The summed E-state index contributed by atoms with van der Waals surface area (Å²) in [4.78, 5) is 3.38. The summed E-state index contributed by atoms with van der Waals surface area (Å²) >= 11 is 0.730. The molecule has 1 aromatic heterocycles. The molecule has 0 bridgehead atoms. The molecular weight excluding hydrogens is 243 g/mol. The number of nitrogens with zero attached hydrogens (tertiary/aromatic N) is 2. The highest BCUT2D eigenvalue weighted by atomic mass is 32.1. The average Bonchev–Trinajstić information content (AvgIpc) is 2.57. The Morgan fingerprint density at radius 3 is 2.62 bits per heavy atom. The second-order valence-corrected chi connectivity index (χ2v) is 4.34. The van der Waals surface area contributed by atoms with Gasteiger partial charge in [0, 0.05) is 24.7 Å². The summed E-state index contributed by atoms with van der Waals surface area (Å²) in [6.07, 6.45) is -2.69. The van der Waals surface area contributed by atoms with Crippen LogP contribution in [-0.2, 0) is 10.9 Å². The minimum atomic E-state index is -4.47. The van der Waals surface area contributed by atoms with Gasteiger partial charge in [-0.25, -0.2) is 0 Å². The Bertz CT molecular complexity index is 362. The number of nitrogens with one attached hydrogen (secondary N) is 1. The average molecular weight is 253 g/mol. The van der Waals surface area contributed by atoms with Gasteiger partial charge in [0.2, 0.25) is 11.0 Å². The van der Waals surface area contributed by atoms with E-state index in [1.165, 1.54) is 0 Å². The maximum absolute atomic E-state index is 12.2. The smallest absolute Gasteiger partial charge is 0.381 e. The summed E-state index contributed by atoms with van der Waals surface area (Å²) in [7, 11) is 1.62. The van der Waals surface area contributed by atoms with Crippen molar-refractivity contribution in [1.29, 1.82) is 0 Å². The summed E-state index contributed by atoms with van der Waals surface area (Å²) < 4.78 is 44.9. The first-order valence-corrected chi connectivity index (χ1v) is 5.46. The number of aromatic nitrogens is 2. The Morgan fingerprint density at radius 1 is 1.44 bits per heavy atom. The summed E-state index contributed by atoms with van der Waals surface area (Å²) in [5, 5.41) is 3.11. The highest BCUT2D eigenvalue weighted by molar-refractivity contribution is 7.09.